The molecule has 104 valence electrons. The van der Waals surface area contributed by atoms with Crippen LogP contribution < -0.4 is 4.74 Å². The molecule has 1 aliphatic rings. The zero-order chi connectivity index (χ0) is 14.0. The molecule has 1 atom stereocenters. The van der Waals surface area contributed by atoms with E-state index < -0.39 is 9.84 Å². The van der Waals surface area contributed by atoms with E-state index in [4.69, 9.17) is 4.74 Å². The normalized spacial score (nSPS) is 21.1. The van der Waals surface area contributed by atoms with Crippen molar-refractivity contribution in [1.82, 2.24) is 9.88 Å². The maximum Gasteiger partial charge on any atom is 0.259 e. The Labute approximate surface area is 112 Å². The third kappa shape index (κ3) is 2.86. The molecule has 0 aromatic carbocycles. The molecule has 0 spiro atoms. The molecular weight excluding hydrogens is 268 g/mol. The maximum absolute atomic E-state index is 12.3. The fourth-order valence-corrected chi connectivity index (χ4v) is 3.93. The lowest BCUT2D eigenvalue weighted by Gasteiger charge is -2.23. The van der Waals surface area contributed by atoms with Crippen molar-refractivity contribution in [3.05, 3.63) is 23.9 Å². The first-order valence-electron chi connectivity index (χ1n) is 5.91. The third-order valence-corrected chi connectivity index (χ3v) is 5.02. The largest absolute Gasteiger partial charge is 0.480 e. The third-order valence-electron chi connectivity index (χ3n) is 3.27. The number of hydrogen-bond donors (Lipinski definition) is 0. The van der Waals surface area contributed by atoms with Crippen LogP contribution in [0.3, 0.4) is 0 Å². The highest BCUT2D eigenvalue weighted by molar-refractivity contribution is 7.91. The van der Waals surface area contributed by atoms with Gasteiger partial charge in [-0.15, -0.1) is 0 Å². The van der Waals surface area contributed by atoms with Gasteiger partial charge in [0.1, 0.15) is 5.56 Å². The second kappa shape index (κ2) is 5.16. The van der Waals surface area contributed by atoms with Crippen molar-refractivity contribution < 1.29 is 17.9 Å². The fourth-order valence-electron chi connectivity index (χ4n) is 2.15. The highest BCUT2D eigenvalue weighted by atomic mass is 32.2. The summed E-state index contributed by atoms with van der Waals surface area (Å²) in [7, 11) is 0.0423. The summed E-state index contributed by atoms with van der Waals surface area (Å²) in [5.74, 6) is 0.143. The second-order valence-corrected chi connectivity index (χ2v) is 6.76. The monoisotopic (exact) mass is 284 g/mol. The SMILES string of the molecule is COc1ncccc1C(=O)N(C)C1CCS(=O)(=O)C1. The first kappa shape index (κ1) is 13.8. The Morgan fingerprint density at radius 3 is 2.84 bits per heavy atom. The molecule has 19 heavy (non-hydrogen) atoms. The number of carbonyl (C=O) groups excluding carboxylic acids is 1. The Bertz CT molecular complexity index is 585. The molecule has 1 unspecified atom stereocenters. The average molecular weight is 284 g/mol. The Morgan fingerprint density at radius 2 is 2.26 bits per heavy atom. The van der Waals surface area contributed by atoms with E-state index in [9.17, 15) is 13.2 Å². The van der Waals surface area contributed by atoms with Crippen molar-refractivity contribution in [3.63, 3.8) is 0 Å². The lowest BCUT2D eigenvalue weighted by Crippen LogP contribution is -2.38. The molecule has 1 aromatic heterocycles. The number of sulfone groups is 1. The molecule has 0 radical (unpaired) electrons. The van der Waals surface area contributed by atoms with Gasteiger partial charge in [0.05, 0.1) is 18.6 Å². The van der Waals surface area contributed by atoms with Gasteiger partial charge in [-0.2, -0.15) is 0 Å². The van der Waals surface area contributed by atoms with Crippen molar-refractivity contribution in [1.29, 1.82) is 0 Å². The average Bonchev–Trinajstić information content (AvgIpc) is 2.77. The van der Waals surface area contributed by atoms with Crippen LogP contribution in [-0.4, -0.2) is 55.9 Å². The first-order chi connectivity index (χ1) is 8.94. The summed E-state index contributed by atoms with van der Waals surface area (Å²) < 4.78 is 27.9. The van der Waals surface area contributed by atoms with Gasteiger partial charge in [-0.05, 0) is 18.6 Å². The first-order valence-corrected chi connectivity index (χ1v) is 7.73. The van der Waals surface area contributed by atoms with Crippen LogP contribution in [0.1, 0.15) is 16.8 Å². The number of hydrogen-bond acceptors (Lipinski definition) is 5. The molecule has 0 N–H and O–H groups in total. The van der Waals surface area contributed by atoms with Gasteiger partial charge in [-0.1, -0.05) is 0 Å². The molecule has 1 aromatic rings. The van der Waals surface area contributed by atoms with Gasteiger partial charge in [-0.25, -0.2) is 13.4 Å². The van der Waals surface area contributed by atoms with E-state index in [2.05, 4.69) is 4.98 Å². The topological polar surface area (TPSA) is 76.6 Å². The molecule has 0 aliphatic carbocycles. The van der Waals surface area contributed by atoms with E-state index in [1.165, 1.54) is 18.2 Å². The zero-order valence-corrected chi connectivity index (χ0v) is 11.7. The molecule has 7 heteroatoms. The number of aromatic nitrogens is 1. The highest BCUT2D eigenvalue weighted by Crippen LogP contribution is 2.21. The fraction of sp³-hybridized carbons (Fsp3) is 0.500. The van der Waals surface area contributed by atoms with E-state index in [0.29, 0.717) is 12.0 Å². The summed E-state index contributed by atoms with van der Waals surface area (Å²) in [5, 5.41) is 0. The van der Waals surface area contributed by atoms with Gasteiger partial charge in [0, 0.05) is 19.3 Å². The van der Waals surface area contributed by atoms with Gasteiger partial charge < -0.3 is 9.64 Å². The van der Waals surface area contributed by atoms with E-state index >= 15 is 0 Å². The summed E-state index contributed by atoms with van der Waals surface area (Å²) >= 11 is 0. The van der Waals surface area contributed by atoms with Crippen LogP contribution in [0.15, 0.2) is 18.3 Å². The van der Waals surface area contributed by atoms with Crippen molar-refractivity contribution in [2.45, 2.75) is 12.5 Å². The molecule has 2 rings (SSSR count). The quantitative estimate of drug-likeness (QED) is 0.800. The second-order valence-electron chi connectivity index (χ2n) is 4.53. The zero-order valence-electron chi connectivity index (χ0n) is 10.9. The Hall–Kier alpha value is -1.63. The molecule has 1 amide bonds. The predicted molar refractivity (Wildman–Crippen MR) is 69.9 cm³/mol. The molecule has 0 bridgehead atoms. The smallest absolute Gasteiger partial charge is 0.259 e. The summed E-state index contributed by atoms with van der Waals surface area (Å²) in [6.07, 6.45) is 2.02. The van der Waals surface area contributed by atoms with Crippen LogP contribution in [0.4, 0.5) is 0 Å². The predicted octanol–water partition coefficient (Wildman–Crippen LogP) is 0.349. The van der Waals surface area contributed by atoms with Crippen molar-refractivity contribution in [3.8, 4) is 5.88 Å². The van der Waals surface area contributed by atoms with Crippen LogP contribution in [0.2, 0.25) is 0 Å². The molecule has 1 aliphatic heterocycles. The number of rotatable bonds is 3. The summed E-state index contributed by atoms with van der Waals surface area (Å²) in [5.41, 5.74) is 0.344. The van der Waals surface area contributed by atoms with E-state index in [-0.39, 0.29) is 29.3 Å². The summed E-state index contributed by atoms with van der Waals surface area (Å²) in [6, 6.07) is 2.99. The van der Waals surface area contributed by atoms with Gasteiger partial charge in [-0.3, -0.25) is 4.79 Å². The number of methoxy groups -OCH3 is 1. The summed E-state index contributed by atoms with van der Waals surface area (Å²) in [6.45, 7) is 0. The van der Waals surface area contributed by atoms with Crippen LogP contribution >= 0.6 is 0 Å². The van der Waals surface area contributed by atoms with Gasteiger partial charge >= 0.3 is 0 Å². The molecule has 1 saturated heterocycles. The Kier molecular flexibility index (Phi) is 3.75. The van der Waals surface area contributed by atoms with Crippen molar-refractivity contribution >= 4 is 15.7 Å². The minimum absolute atomic E-state index is 0.0256. The van der Waals surface area contributed by atoms with Gasteiger partial charge in [0.15, 0.2) is 9.84 Å². The number of carbonyl (C=O) groups is 1. The standard InChI is InChI=1S/C12H16N2O4S/c1-14(9-5-7-19(16,17)8-9)12(15)10-4-3-6-13-11(10)18-2/h3-4,6,9H,5,7-8H2,1-2H3. The molecular formula is C12H16N2O4S. The van der Waals surface area contributed by atoms with Crippen molar-refractivity contribution in [2.75, 3.05) is 25.7 Å². The molecule has 2 heterocycles. The van der Waals surface area contributed by atoms with Crippen molar-refractivity contribution in [2.24, 2.45) is 0 Å². The number of nitrogens with zero attached hydrogens (tertiary/aromatic N) is 2. The minimum Gasteiger partial charge on any atom is -0.480 e. The van der Waals surface area contributed by atoms with E-state index in [0.717, 1.165) is 0 Å². The molecule has 0 saturated carbocycles. The number of amides is 1. The van der Waals surface area contributed by atoms with Crippen LogP contribution in [-0.2, 0) is 9.84 Å². The molecule has 6 nitrogen and oxygen atoms in total. The van der Waals surface area contributed by atoms with E-state index in [1.54, 1.807) is 19.2 Å². The summed E-state index contributed by atoms with van der Waals surface area (Å²) in [4.78, 5) is 17.8. The lowest BCUT2D eigenvalue weighted by molar-refractivity contribution is 0.0743. The van der Waals surface area contributed by atoms with Crippen LogP contribution in [0.25, 0.3) is 0 Å². The highest BCUT2D eigenvalue weighted by Gasteiger charge is 2.33. The van der Waals surface area contributed by atoms with Gasteiger partial charge in [0.25, 0.3) is 5.91 Å². The number of ether oxygens (including phenoxy) is 1. The van der Waals surface area contributed by atoms with Crippen LogP contribution in [0.5, 0.6) is 5.88 Å². The maximum atomic E-state index is 12.3. The Morgan fingerprint density at radius 1 is 1.53 bits per heavy atom. The molecule has 1 fully saturated rings. The van der Waals surface area contributed by atoms with E-state index in [1.807, 2.05) is 0 Å². The van der Waals surface area contributed by atoms with Crippen LogP contribution in [0, 0.1) is 0 Å². The Balaban J connectivity index is 2.20. The lowest BCUT2D eigenvalue weighted by atomic mass is 10.2. The minimum atomic E-state index is -3.01. The van der Waals surface area contributed by atoms with Gasteiger partial charge in [0.2, 0.25) is 5.88 Å². The number of pyridine rings is 1.